The molecule has 5 nitrogen and oxygen atoms in total. The zero-order chi connectivity index (χ0) is 15.0. The van der Waals surface area contributed by atoms with Crippen LogP contribution >= 0.6 is 11.8 Å². The SMILES string of the molecule is CC(=O)c1cccc(S(=O)(=O)NCCSCCCO)c1. The fourth-order valence-corrected chi connectivity index (χ4v) is 3.47. The molecule has 0 aliphatic rings. The van der Waals surface area contributed by atoms with Crippen molar-refractivity contribution in [3.8, 4) is 0 Å². The number of ketones is 1. The van der Waals surface area contributed by atoms with Crippen LogP contribution < -0.4 is 4.72 Å². The van der Waals surface area contributed by atoms with Crippen LogP contribution in [0.15, 0.2) is 29.2 Å². The average Bonchev–Trinajstić information content (AvgIpc) is 2.43. The van der Waals surface area contributed by atoms with Crippen LogP contribution in [0.25, 0.3) is 0 Å². The Morgan fingerprint density at radius 3 is 2.75 bits per heavy atom. The van der Waals surface area contributed by atoms with Gasteiger partial charge in [-0.3, -0.25) is 4.79 Å². The second kappa shape index (κ2) is 8.41. The van der Waals surface area contributed by atoms with Crippen LogP contribution in [0.3, 0.4) is 0 Å². The molecule has 1 aromatic carbocycles. The van der Waals surface area contributed by atoms with Crippen molar-refractivity contribution in [1.29, 1.82) is 0 Å². The molecule has 0 heterocycles. The predicted octanol–water partition coefficient (Wildman–Crippen LogP) is 1.28. The summed E-state index contributed by atoms with van der Waals surface area (Å²) in [6.07, 6.45) is 0.706. The Balaban J connectivity index is 2.56. The Kier molecular flexibility index (Phi) is 7.22. The molecule has 20 heavy (non-hydrogen) atoms. The molecule has 112 valence electrons. The molecular weight excluding hydrogens is 298 g/mol. The van der Waals surface area contributed by atoms with Gasteiger partial charge in [-0.25, -0.2) is 13.1 Å². The van der Waals surface area contributed by atoms with E-state index in [0.717, 1.165) is 5.75 Å². The molecule has 2 N–H and O–H groups in total. The molecule has 0 spiro atoms. The Hall–Kier alpha value is -0.890. The second-order valence-corrected chi connectivity index (χ2v) is 7.16. The van der Waals surface area contributed by atoms with Crippen LogP contribution in [0.5, 0.6) is 0 Å². The summed E-state index contributed by atoms with van der Waals surface area (Å²) in [6, 6.07) is 5.99. The highest BCUT2D eigenvalue weighted by Crippen LogP contribution is 2.12. The first-order valence-corrected chi connectivity index (χ1v) is 8.90. The predicted molar refractivity (Wildman–Crippen MR) is 80.7 cm³/mol. The van der Waals surface area contributed by atoms with Crippen LogP contribution in [0.1, 0.15) is 23.7 Å². The summed E-state index contributed by atoms with van der Waals surface area (Å²) in [5, 5.41) is 8.62. The van der Waals surface area contributed by atoms with Gasteiger partial charge in [0.25, 0.3) is 0 Å². The molecule has 0 aliphatic heterocycles. The van der Waals surface area contributed by atoms with Crippen LogP contribution in [0, 0.1) is 0 Å². The number of sulfonamides is 1. The van der Waals surface area contributed by atoms with Gasteiger partial charge in [-0.1, -0.05) is 12.1 Å². The first-order valence-electron chi connectivity index (χ1n) is 6.26. The number of carbonyl (C=O) groups is 1. The summed E-state index contributed by atoms with van der Waals surface area (Å²) in [4.78, 5) is 11.3. The Labute approximate surface area is 123 Å². The van der Waals surface area contributed by atoms with Crippen molar-refractivity contribution in [2.24, 2.45) is 0 Å². The fraction of sp³-hybridized carbons (Fsp3) is 0.462. The standard InChI is InChI=1S/C13H19NO4S2/c1-11(16)12-4-2-5-13(10-12)20(17,18)14-6-9-19-8-3-7-15/h2,4-5,10,14-15H,3,6-9H2,1H3. The van der Waals surface area contributed by atoms with Crippen LogP contribution in [0.4, 0.5) is 0 Å². The molecule has 0 amide bonds. The minimum absolute atomic E-state index is 0.102. The quantitative estimate of drug-likeness (QED) is 0.529. The van der Waals surface area contributed by atoms with E-state index in [4.69, 9.17) is 5.11 Å². The topological polar surface area (TPSA) is 83.5 Å². The Morgan fingerprint density at radius 1 is 1.35 bits per heavy atom. The van der Waals surface area contributed by atoms with Crippen molar-refractivity contribution in [3.63, 3.8) is 0 Å². The molecule has 0 saturated carbocycles. The van der Waals surface area contributed by atoms with E-state index < -0.39 is 10.0 Å². The van der Waals surface area contributed by atoms with Gasteiger partial charge in [-0.05, 0) is 31.2 Å². The number of benzene rings is 1. The van der Waals surface area contributed by atoms with Crippen molar-refractivity contribution in [2.75, 3.05) is 24.7 Å². The maximum Gasteiger partial charge on any atom is 0.240 e. The number of Topliss-reactive ketones (excluding diaryl/α,β-unsaturated/α-hetero) is 1. The summed E-state index contributed by atoms with van der Waals surface area (Å²) in [5.74, 6) is 1.28. The number of hydrogen-bond donors (Lipinski definition) is 2. The summed E-state index contributed by atoms with van der Waals surface area (Å²) >= 11 is 1.58. The third-order valence-corrected chi connectivity index (χ3v) is 5.06. The number of nitrogens with one attached hydrogen (secondary N) is 1. The van der Waals surface area contributed by atoms with Gasteiger partial charge in [0.1, 0.15) is 0 Å². The first kappa shape index (κ1) is 17.2. The lowest BCUT2D eigenvalue weighted by atomic mass is 10.2. The molecule has 0 radical (unpaired) electrons. The van der Waals surface area contributed by atoms with E-state index in [1.807, 2.05) is 0 Å². The van der Waals surface area contributed by atoms with Gasteiger partial charge in [-0.15, -0.1) is 0 Å². The number of hydrogen-bond acceptors (Lipinski definition) is 5. The van der Waals surface area contributed by atoms with Gasteiger partial charge in [0, 0.05) is 24.5 Å². The molecule has 0 aromatic heterocycles. The van der Waals surface area contributed by atoms with Gasteiger partial charge < -0.3 is 5.11 Å². The third kappa shape index (κ3) is 5.62. The number of rotatable bonds is 9. The minimum atomic E-state index is -3.57. The van der Waals surface area contributed by atoms with Crippen LogP contribution in [-0.2, 0) is 10.0 Å². The van der Waals surface area contributed by atoms with E-state index in [-0.39, 0.29) is 17.3 Å². The number of carbonyl (C=O) groups excluding carboxylic acids is 1. The largest absolute Gasteiger partial charge is 0.396 e. The maximum atomic E-state index is 12.0. The van der Waals surface area contributed by atoms with E-state index in [0.29, 0.717) is 24.3 Å². The van der Waals surface area contributed by atoms with Gasteiger partial charge in [0.2, 0.25) is 10.0 Å². The lowest BCUT2D eigenvalue weighted by molar-refractivity contribution is 0.101. The molecule has 1 aromatic rings. The highest BCUT2D eigenvalue weighted by Gasteiger charge is 2.14. The van der Waals surface area contributed by atoms with Crippen LogP contribution in [-0.4, -0.2) is 44.0 Å². The van der Waals surface area contributed by atoms with Gasteiger partial charge >= 0.3 is 0 Å². The monoisotopic (exact) mass is 317 g/mol. The average molecular weight is 317 g/mol. The number of aliphatic hydroxyl groups is 1. The zero-order valence-corrected chi connectivity index (χ0v) is 13.0. The molecule has 0 fully saturated rings. The second-order valence-electron chi connectivity index (χ2n) is 4.17. The molecule has 0 bridgehead atoms. The summed E-state index contributed by atoms with van der Waals surface area (Å²) < 4.78 is 26.5. The smallest absolute Gasteiger partial charge is 0.240 e. The Bertz CT molecular complexity index is 543. The number of aliphatic hydroxyl groups excluding tert-OH is 1. The fourth-order valence-electron chi connectivity index (χ4n) is 1.48. The van der Waals surface area contributed by atoms with Gasteiger partial charge in [0.15, 0.2) is 5.78 Å². The highest BCUT2D eigenvalue weighted by molar-refractivity contribution is 7.99. The molecule has 7 heteroatoms. The maximum absolute atomic E-state index is 12.0. The Morgan fingerprint density at radius 2 is 2.10 bits per heavy atom. The lowest BCUT2D eigenvalue weighted by Crippen LogP contribution is -2.26. The van der Waals surface area contributed by atoms with E-state index >= 15 is 0 Å². The third-order valence-electron chi connectivity index (χ3n) is 2.54. The van der Waals surface area contributed by atoms with E-state index in [9.17, 15) is 13.2 Å². The van der Waals surface area contributed by atoms with Crippen molar-refractivity contribution in [3.05, 3.63) is 29.8 Å². The summed E-state index contributed by atoms with van der Waals surface area (Å²) in [5.41, 5.74) is 0.380. The van der Waals surface area contributed by atoms with Crippen LogP contribution in [0.2, 0.25) is 0 Å². The lowest BCUT2D eigenvalue weighted by Gasteiger charge is -2.07. The van der Waals surface area contributed by atoms with Gasteiger partial charge in [0.05, 0.1) is 4.90 Å². The summed E-state index contributed by atoms with van der Waals surface area (Å²) in [7, 11) is -3.57. The van der Waals surface area contributed by atoms with Crippen molar-refractivity contribution < 1.29 is 18.3 Å². The molecule has 0 saturated heterocycles. The van der Waals surface area contributed by atoms with E-state index in [1.165, 1.54) is 19.1 Å². The summed E-state index contributed by atoms with van der Waals surface area (Å²) in [6.45, 7) is 1.87. The molecule has 0 atom stereocenters. The van der Waals surface area contributed by atoms with E-state index in [1.54, 1.807) is 23.9 Å². The zero-order valence-electron chi connectivity index (χ0n) is 11.3. The van der Waals surface area contributed by atoms with Gasteiger partial charge in [-0.2, -0.15) is 11.8 Å². The van der Waals surface area contributed by atoms with Crippen molar-refractivity contribution in [1.82, 2.24) is 4.72 Å². The number of thioether (sulfide) groups is 1. The normalized spacial score (nSPS) is 11.5. The highest BCUT2D eigenvalue weighted by atomic mass is 32.2. The molecule has 0 unspecified atom stereocenters. The molecule has 1 rings (SSSR count). The molecule has 0 aliphatic carbocycles. The minimum Gasteiger partial charge on any atom is -0.396 e. The van der Waals surface area contributed by atoms with Crippen molar-refractivity contribution in [2.45, 2.75) is 18.2 Å². The van der Waals surface area contributed by atoms with E-state index in [2.05, 4.69) is 4.72 Å². The van der Waals surface area contributed by atoms with Crippen molar-refractivity contribution >= 4 is 27.6 Å². The molecular formula is C13H19NO4S2. The first-order chi connectivity index (χ1) is 9.47.